The minimum Gasteiger partial charge on any atom is -0.481 e. The van der Waals surface area contributed by atoms with E-state index in [-0.39, 0.29) is 17.4 Å². The topological polar surface area (TPSA) is 46.5 Å². The summed E-state index contributed by atoms with van der Waals surface area (Å²) < 4.78 is 5.83. The van der Waals surface area contributed by atoms with Crippen LogP contribution in [0.3, 0.4) is 0 Å². The highest BCUT2D eigenvalue weighted by Crippen LogP contribution is 2.63. The molecule has 2 saturated carbocycles. The normalized spacial score (nSPS) is 42.3. The van der Waals surface area contributed by atoms with E-state index in [1.807, 2.05) is 0 Å². The van der Waals surface area contributed by atoms with Gasteiger partial charge in [-0.05, 0) is 31.6 Å². The van der Waals surface area contributed by atoms with Crippen molar-refractivity contribution < 1.29 is 14.6 Å². The van der Waals surface area contributed by atoms with Crippen LogP contribution < -0.4 is 0 Å². The Bertz CT molecular complexity index is 281. The molecule has 3 aliphatic rings. The van der Waals surface area contributed by atoms with Crippen molar-refractivity contribution in [1.29, 1.82) is 0 Å². The monoisotopic (exact) mass is 210 g/mol. The van der Waals surface area contributed by atoms with Gasteiger partial charge in [0.1, 0.15) is 0 Å². The number of hydrogen-bond donors (Lipinski definition) is 1. The molecule has 3 heteroatoms. The fourth-order valence-corrected chi connectivity index (χ4v) is 4.28. The van der Waals surface area contributed by atoms with Crippen molar-refractivity contribution in [3.63, 3.8) is 0 Å². The SMILES string of the molecule is O=C(O)[C@@H]1[C@H]2CCCO[C@@H]2C12CCCC2. The number of aliphatic carboxylic acids is 1. The molecule has 2 aliphatic carbocycles. The minimum absolute atomic E-state index is 0.0247. The zero-order valence-electron chi connectivity index (χ0n) is 8.95. The number of carboxylic acid groups (broad SMARTS) is 1. The van der Waals surface area contributed by atoms with Gasteiger partial charge in [0.2, 0.25) is 0 Å². The molecule has 0 aromatic rings. The molecule has 3 nitrogen and oxygen atoms in total. The highest BCUT2D eigenvalue weighted by Gasteiger charge is 2.66. The summed E-state index contributed by atoms with van der Waals surface area (Å²) in [5.41, 5.74) is 0.0247. The maximum Gasteiger partial charge on any atom is 0.307 e. The molecule has 15 heavy (non-hydrogen) atoms. The van der Waals surface area contributed by atoms with E-state index in [4.69, 9.17) is 4.74 Å². The average Bonchev–Trinajstić information content (AvgIpc) is 2.67. The molecule has 0 aromatic heterocycles. The second-order valence-corrected chi connectivity index (χ2v) is 5.35. The first kappa shape index (κ1) is 9.64. The number of fused-ring (bicyclic) bond motifs is 2. The van der Waals surface area contributed by atoms with Crippen LogP contribution in [0.2, 0.25) is 0 Å². The molecule has 3 atom stereocenters. The zero-order valence-corrected chi connectivity index (χ0v) is 8.95. The Kier molecular flexibility index (Phi) is 2.06. The van der Waals surface area contributed by atoms with Gasteiger partial charge in [0.05, 0.1) is 12.0 Å². The Morgan fingerprint density at radius 2 is 2.00 bits per heavy atom. The Labute approximate surface area is 89.8 Å². The van der Waals surface area contributed by atoms with Gasteiger partial charge in [-0.1, -0.05) is 12.8 Å². The number of carbonyl (C=O) groups is 1. The number of ether oxygens (including phenoxy) is 1. The Hall–Kier alpha value is -0.570. The summed E-state index contributed by atoms with van der Waals surface area (Å²) in [6, 6.07) is 0. The molecule has 3 rings (SSSR count). The van der Waals surface area contributed by atoms with E-state index in [0.717, 1.165) is 32.3 Å². The smallest absolute Gasteiger partial charge is 0.307 e. The molecule has 0 aromatic carbocycles. The van der Waals surface area contributed by atoms with Gasteiger partial charge in [-0.15, -0.1) is 0 Å². The van der Waals surface area contributed by atoms with E-state index in [9.17, 15) is 9.90 Å². The Balaban J connectivity index is 1.88. The fourth-order valence-electron chi connectivity index (χ4n) is 4.28. The van der Waals surface area contributed by atoms with Crippen LogP contribution >= 0.6 is 0 Å². The molecule has 0 radical (unpaired) electrons. The van der Waals surface area contributed by atoms with Crippen molar-refractivity contribution in [2.24, 2.45) is 17.3 Å². The summed E-state index contributed by atoms with van der Waals surface area (Å²) in [6.45, 7) is 0.843. The van der Waals surface area contributed by atoms with E-state index in [2.05, 4.69) is 0 Å². The summed E-state index contributed by atoms with van der Waals surface area (Å²) in [5.74, 6) is -0.372. The Morgan fingerprint density at radius 1 is 1.27 bits per heavy atom. The highest BCUT2D eigenvalue weighted by molar-refractivity contribution is 5.73. The quantitative estimate of drug-likeness (QED) is 0.720. The maximum atomic E-state index is 11.3. The van der Waals surface area contributed by atoms with Crippen LogP contribution in [0, 0.1) is 17.3 Å². The maximum absolute atomic E-state index is 11.3. The predicted molar refractivity (Wildman–Crippen MR) is 54.5 cm³/mol. The second kappa shape index (κ2) is 3.21. The van der Waals surface area contributed by atoms with Crippen LogP contribution in [-0.4, -0.2) is 23.8 Å². The summed E-state index contributed by atoms with van der Waals surface area (Å²) in [7, 11) is 0. The highest BCUT2D eigenvalue weighted by atomic mass is 16.5. The molecule has 0 unspecified atom stereocenters. The van der Waals surface area contributed by atoms with Crippen molar-refractivity contribution in [3.8, 4) is 0 Å². The first-order valence-corrected chi connectivity index (χ1v) is 6.10. The zero-order chi connectivity index (χ0) is 10.5. The van der Waals surface area contributed by atoms with Crippen molar-refractivity contribution in [3.05, 3.63) is 0 Å². The molecule has 0 amide bonds. The lowest BCUT2D eigenvalue weighted by Gasteiger charge is -2.59. The molecule has 3 fully saturated rings. The lowest BCUT2D eigenvalue weighted by molar-refractivity contribution is -0.233. The van der Waals surface area contributed by atoms with Gasteiger partial charge in [0.15, 0.2) is 0 Å². The van der Waals surface area contributed by atoms with Gasteiger partial charge in [-0.3, -0.25) is 4.79 Å². The summed E-state index contributed by atoms with van der Waals surface area (Å²) in [4.78, 5) is 11.3. The minimum atomic E-state index is -0.580. The molecular weight excluding hydrogens is 192 g/mol. The summed E-state index contributed by atoms with van der Waals surface area (Å²) >= 11 is 0. The summed E-state index contributed by atoms with van der Waals surface area (Å²) in [5, 5.41) is 9.34. The van der Waals surface area contributed by atoms with E-state index in [1.54, 1.807) is 0 Å². The largest absolute Gasteiger partial charge is 0.481 e. The lowest BCUT2D eigenvalue weighted by atomic mass is 9.49. The van der Waals surface area contributed by atoms with Crippen molar-refractivity contribution in [2.75, 3.05) is 6.61 Å². The third kappa shape index (κ3) is 1.13. The van der Waals surface area contributed by atoms with Crippen LogP contribution in [0.4, 0.5) is 0 Å². The van der Waals surface area contributed by atoms with E-state index >= 15 is 0 Å². The molecule has 1 aliphatic heterocycles. The molecule has 0 bridgehead atoms. The van der Waals surface area contributed by atoms with Gasteiger partial charge < -0.3 is 9.84 Å². The van der Waals surface area contributed by atoms with E-state index in [0.29, 0.717) is 5.92 Å². The first-order valence-electron chi connectivity index (χ1n) is 6.10. The van der Waals surface area contributed by atoms with Crippen molar-refractivity contribution in [1.82, 2.24) is 0 Å². The first-order chi connectivity index (χ1) is 7.26. The second-order valence-electron chi connectivity index (χ2n) is 5.35. The van der Waals surface area contributed by atoms with Gasteiger partial charge in [-0.2, -0.15) is 0 Å². The number of rotatable bonds is 1. The van der Waals surface area contributed by atoms with Gasteiger partial charge in [0.25, 0.3) is 0 Å². The molecule has 1 N–H and O–H groups in total. The Morgan fingerprint density at radius 3 is 2.67 bits per heavy atom. The van der Waals surface area contributed by atoms with Gasteiger partial charge in [0, 0.05) is 12.0 Å². The summed E-state index contributed by atoms with van der Waals surface area (Å²) in [6.07, 6.45) is 6.91. The fraction of sp³-hybridized carbons (Fsp3) is 0.917. The van der Waals surface area contributed by atoms with Gasteiger partial charge >= 0.3 is 5.97 Å². The van der Waals surface area contributed by atoms with E-state index in [1.165, 1.54) is 12.8 Å². The lowest BCUT2D eigenvalue weighted by Crippen LogP contribution is -2.64. The number of hydrogen-bond acceptors (Lipinski definition) is 2. The van der Waals surface area contributed by atoms with Crippen LogP contribution in [0.1, 0.15) is 38.5 Å². The van der Waals surface area contributed by atoms with Crippen molar-refractivity contribution in [2.45, 2.75) is 44.6 Å². The molecule has 1 spiro atoms. The van der Waals surface area contributed by atoms with Crippen LogP contribution in [-0.2, 0) is 9.53 Å². The van der Waals surface area contributed by atoms with Crippen molar-refractivity contribution >= 4 is 5.97 Å². The number of carboxylic acids is 1. The molecular formula is C12H18O3. The van der Waals surface area contributed by atoms with Gasteiger partial charge in [-0.25, -0.2) is 0 Å². The average molecular weight is 210 g/mol. The van der Waals surface area contributed by atoms with Crippen LogP contribution in [0.5, 0.6) is 0 Å². The molecule has 1 saturated heterocycles. The third-order valence-electron chi connectivity index (χ3n) is 4.78. The molecule has 84 valence electrons. The third-order valence-corrected chi connectivity index (χ3v) is 4.78. The van der Waals surface area contributed by atoms with Crippen LogP contribution in [0.15, 0.2) is 0 Å². The predicted octanol–water partition coefficient (Wildman–Crippen LogP) is 2.06. The van der Waals surface area contributed by atoms with Crippen LogP contribution in [0.25, 0.3) is 0 Å². The van der Waals surface area contributed by atoms with E-state index < -0.39 is 5.97 Å². The molecule has 1 heterocycles. The standard InChI is InChI=1S/C12H18O3/c13-11(14)9-8-4-3-7-15-10(8)12(9)5-1-2-6-12/h8-10H,1-7H2,(H,13,14)/t8-,9+,10+/m1/s1.